The number of aromatic nitrogens is 2. The van der Waals surface area contributed by atoms with E-state index in [2.05, 4.69) is 5.32 Å². The maximum Gasteiger partial charge on any atom is 0.280 e. The van der Waals surface area contributed by atoms with Crippen molar-refractivity contribution in [2.45, 2.75) is 39.3 Å². The molecule has 1 N–H and O–H groups in total. The summed E-state index contributed by atoms with van der Waals surface area (Å²) in [5.41, 5.74) is 2.84. The number of nitrogens with zero attached hydrogens (tertiary/aromatic N) is 3. The summed E-state index contributed by atoms with van der Waals surface area (Å²) in [6.07, 6.45) is 0. The van der Waals surface area contributed by atoms with Gasteiger partial charge in [-0.1, -0.05) is 35.9 Å². The Hall–Kier alpha value is -4.17. The minimum Gasteiger partial charge on any atom is -0.493 e. The van der Waals surface area contributed by atoms with Crippen molar-refractivity contribution >= 4 is 34.8 Å². The first-order valence-corrected chi connectivity index (χ1v) is 13.0. The topological polar surface area (TPSA) is 76.5 Å². The Balaban J connectivity index is 1.75. The van der Waals surface area contributed by atoms with E-state index in [0.29, 0.717) is 39.0 Å². The van der Waals surface area contributed by atoms with Gasteiger partial charge in [-0.15, -0.1) is 0 Å². The lowest BCUT2D eigenvalue weighted by molar-refractivity contribution is -0.119. The van der Waals surface area contributed by atoms with Crippen LogP contribution in [0.2, 0.25) is 5.02 Å². The summed E-state index contributed by atoms with van der Waals surface area (Å²) in [5.74, 6) is -1.02. The van der Waals surface area contributed by atoms with Crippen LogP contribution < -0.4 is 15.0 Å². The fraction of sp³-hybridized carbons (Fsp3) is 0.233. The number of fused-ring (bicyclic) bond motifs is 4. The van der Waals surface area contributed by atoms with Crippen molar-refractivity contribution in [3.8, 4) is 17.1 Å². The molecule has 9 heteroatoms. The third-order valence-electron chi connectivity index (χ3n) is 7.48. The van der Waals surface area contributed by atoms with E-state index < -0.39 is 17.3 Å². The van der Waals surface area contributed by atoms with Crippen molar-refractivity contribution in [1.29, 1.82) is 0 Å². The fourth-order valence-corrected chi connectivity index (χ4v) is 6.03. The quantitative estimate of drug-likeness (QED) is 0.322. The van der Waals surface area contributed by atoms with E-state index in [1.807, 2.05) is 56.5 Å². The highest BCUT2D eigenvalue weighted by atomic mass is 35.5. The number of hydrogen-bond donors (Lipinski definition) is 1. The third kappa shape index (κ3) is 3.31. The monoisotopic (exact) mass is 544 g/mol. The number of halogens is 2. The van der Waals surface area contributed by atoms with Crippen molar-refractivity contribution in [1.82, 2.24) is 9.55 Å². The first kappa shape index (κ1) is 25.1. The highest BCUT2D eigenvalue weighted by molar-refractivity contribution is 6.31. The standard InChI is InChI=1S/C30H26ClFN4O3/c1-15(2)35-26-24(34-27(35)19-7-6-8-21(32)25(19)39-5)28(37)36(23-14-18(31)11-10-17(23)4)30(26)20-12-9-16(3)13-22(20)33-29(30)38/h6-15H,1-5H3,(H,33,38). The van der Waals surface area contributed by atoms with Gasteiger partial charge in [0.05, 0.1) is 24.1 Å². The van der Waals surface area contributed by atoms with Crippen LogP contribution in [0.25, 0.3) is 11.4 Å². The predicted molar refractivity (Wildman–Crippen MR) is 148 cm³/mol. The number of hydrogen-bond acceptors (Lipinski definition) is 4. The number of carbonyl (C=O) groups excluding carboxylic acids is 2. The second kappa shape index (κ2) is 8.68. The summed E-state index contributed by atoms with van der Waals surface area (Å²) in [6.45, 7) is 7.68. The number of ether oxygens (including phenoxy) is 1. The number of amides is 2. The van der Waals surface area contributed by atoms with Crippen LogP contribution in [0.4, 0.5) is 15.8 Å². The lowest BCUT2D eigenvalue weighted by Gasteiger charge is -2.36. The predicted octanol–water partition coefficient (Wildman–Crippen LogP) is 6.41. The number of carbonyl (C=O) groups is 2. The zero-order valence-electron chi connectivity index (χ0n) is 22.1. The lowest BCUT2D eigenvalue weighted by Crippen LogP contribution is -2.51. The van der Waals surface area contributed by atoms with Gasteiger partial charge < -0.3 is 14.6 Å². The largest absolute Gasteiger partial charge is 0.493 e. The van der Waals surface area contributed by atoms with Gasteiger partial charge >= 0.3 is 0 Å². The SMILES string of the molecule is COc1c(F)cccc1-c1nc2c(n1C(C)C)C1(C(=O)Nc3cc(C)ccc31)N(c1cc(Cl)ccc1C)C2=O. The third-order valence-corrected chi connectivity index (χ3v) is 7.71. The van der Waals surface area contributed by atoms with Crippen LogP contribution in [-0.2, 0) is 10.3 Å². The van der Waals surface area contributed by atoms with Crippen molar-refractivity contribution in [2.24, 2.45) is 0 Å². The Morgan fingerprint density at radius 1 is 1.08 bits per heavy atom. The molecule has 0 saturated carbocycles. The van der Waals surface area contributed by atoms with Gasteiger partial charge in [0.15, 0.2) is 22.8 Å². The van der Waals surface area contributed by atoms with Crippen molar-refractivity contribution in [3.05, 3.63) is 93.5 Å². The molecule has 1 unspecified atom stereocenters. The van der Waals surface area contributed by atoms with E-state index >= 15 is 0 Å². The van der Waals surface area contributed by atoms with E-state index in [-0.39, 0.29) is 23.4 Å². The summed E-state index contributed by atoms with van der Waals surface area (Å²) >= 11 is 6.41. The fourth-order valence-electron chi connectivity index (χ4n) is 5.86. The Kier molecular flexibility index (Phi) is 5.59. The molecule has 6 rings (SSSR count). The number of anilines is 2. The molecule has 1 atom stereocenters. The molecule has 1 spiro atoms. The lowest BCUT2D eigenvalue weighted by atomic mass is 9.86. The highest BCUT2D eigenvalue weighted by Gasteiger charge is 2.64. The second-order valence-corrected chi connectivity index (χ2v) is 10.6. The molecule has 0 bridgehead atoms. The molecule has 2 aliphatic rings. The van der Waals surface area contributed by atoms with Crippen LogP contribution in [0.1, 0.15) is 52.8 Å². The van der Waals surface area contributed by atoms with Crippen LogP contribution in [0, 0.1) is 19.7 Å². The van der Waals surface area contributed by atoms with Gasteiger partial charge in [0.25, 0.3) is 11.8 Å². The minimum atomic E-state index is -1.57. The second-order valence-electron chi connectivity index (χ2n) is 10.2. The Labute approximate surface area is 230 Å². The molecule has 0 radical (unpaired) electrons. The van der Waals surface area contributed by atoms with Gasteiger partial charge in [0.1, 0.15) is 5.82 Å². The highest BCUT2D eigenvalue weighted by Crippen LogP contribution is 2.55. The molecule has 0 saturated heterocycles. The summed E-state index contributed by atoms with van der Waals surface area (Å²) in [7, 11) is 1.39. The van der Waals surface area contributed by atoms with Gasteiger partial charge in [-0.05, 0) is 69.2 Å². The minimum absolute atomic E-state index is 0.0130. The summed E-state index contributed by atoms with van der Waals surface area (Å²) in [5, 5.41) is 3.45. The van der Waals surface area contributed by atoms with Crippen molar-refractivity contribution in [3.63, 3.8) is 0 Å². The number of para-hydroxylation sites is 1. The number of imidazole rings is 1. The molecule has 0 aliphatic carbocycles. The average Bonchev–Trinajstić information content (AvgIpc) is 3.49. The molecule has 1 aromatic heterocycles. The molecule has 2 aliphatic heterocycles. The van der Waals surface area contributed by atoms with Gasteiger partial charge in [-0.2, -0.15) is 0 Å². The van der Waals surface area contributed by atoms with E-state index in [1.165, 1.54) is 18.1 Å². The van der Waals surface area contributed by atoms with Gasteiger partial charge in [0.2, 0.25) is 0 Å². The molecule has 2 amide bonds. The van der Waals surface area contributed by atoms with Crippen molar-refractivity contribution in [2.75, 3.05) is 17.3 Å². The van der Waals surface area contributed by atoms with Gasteiger partial charge in [0, 0.05) is 22.3 Å². The maximum absolute atomic E-state index is 14.8. The Morgan fingerprint density at radius 3 is 2.56 bits per heavy atom. The summed E-state index contributed by atoms with van der Waals surface area (Å²) in [4.78, 5) is 35.0. The number of methoxy groups -OCH3 is 1. The van der Waals surface area contributed by atoms with Gasteiger partial charge in [-0.3, -0.25) is 14.5 Å². The van der Waals surface area contributed by atoms with E-state index in [1.54, 1.807) is 24.3 Å². The number of aryl methyl sites for hydroxylation is 2. The molecule has 198 valence electrons. The number of nitrogens with one attached hydrogen (secondary N) is 1. The Bertz CT molecular complexity index is 1710. The molecule has 3 aromatic carbocycles. The summed E-state index contributed by atoms with van der Waals surface area (Å²) in [6, 6.07) is 15.2. The van der Waals surface area contributed by atoms with Crippen molar-refractivity contribution < 1.29 is 18.7 Å². The normalized spacial score (nSPS) is 17.7. The molecule has 39 heavy (non-hydrogen) atoms. The molecular weight excluding hydrogens is 519 g/mol. The molecule has 7 nitrogen and oxygen atoms in total. The zero-order chi connectivity index (χ0) is 27.8. The zero-order valence-corrected chi connectivity index (χ0v) is 22.9. The maximum atomic E-state index is 14.8. The van der Waals surface area contributed by atoms with Crippen LogP contribution in [-0.4, -0.2) is 28.5 Å². The number of benzene rings is 3. The Morgan fingerprint density at radius 2 is 1.85 bits per heavy atom. The van der Waals surface area contributed by atoms with E-state index in [9.17, 15) is 14.0 Å². The smallest absolute Gasteiger partial charge is 0.280 e. The molecule has 3 heterocycles. The average molecular weight is 545 g/mol. The van der Waals surface area contributed by atoms with Gasteiger partial charge in [-0.25, -0.2) is 9.37 Å². The first-order chi connectivity index (χ1) is 18.6. The van der Waals surface area contributed by atoms with Crippen LogP contribution in [0.5, 0.6) is 5.75 Å². The van der Waals surface area contributed by atoms with Crippen LogP contribution in [0.3, 0.4) is 0 Å². The summed E-state index contributed by atoms with van der Waals surface area (Å²) < 4.78 is 22.0. The van der Waals surface area contributed by atoms with Crippen LogP contribution in [0.15, 0.2) is 54.6 Å². The molecular formula is C30H26ClFN4O3. The molecule has 0 fully saturated rings. The number of rotatable bonds is 4. The molecule has 4 aromatic rings. The van der Waals surface area contributed by atoms with Crippen LogP contribution >= 0.6 is 11.6 Å². The van der Waals surface area contributed by atoms with E-state index in [0.717, 1.165) is 11.1 Å². The van der Waals surface area contributed by atoms with E-state index in [4.69, 9.17) is 21.3 Å². The first-order valence-electron chi connectivity index (χ1n) is 12.6.